The smallest absolute Gasteiger partial charge is 0.311 e. The van der Waals surface area contributed by atoms with Gasteiger partial charge in [-0.2, -0.15) is 0 Å². The van der Waals surface area contributed by atoms with Gasteiger partial charge in [-0.1, -0.05) is 18.2 Å². The van der Waals surface area contributed by atoms with Crippen LogP contribution in [-0.4, -0.2) is 10.0 Å². The molecule has 0 heterocycles. The Morgan fingerprint density at radius 1 is 1.17 bits per heavy atom. The molecule has 0 saturated heterocycles. The highest BCUT2D eigenvalue weighted by Gasteiger charge is 2.14. The summed E-state index contributed by atoms with van der Waals surface area (Å²) < 4.78 is 13.4. The summed E-state index contributed by atoms with van der Waals surface area (Å²) in [6.07, 6.45) is 0. The maximum absolute atomic E-state index is 13.4. The maximum atomic E-state index is 13.4. The lowest BCUT2D eigenvalue weighted by Crippen LogP contribution is -1.90. The molecule has 0 aliphatic rings. The van der Waals surface area contributed by atoms with Crippen molar-refractivity contribution in [3.8, 4) is 16.9 Å². The van der Waals surface area contributed by atoms with Crippen LogP contribution in [0.4, 0.5) is 10.1 Å². The van der Waals surface area contributed by atoms with Gasteiger partial charge in [-0.05, 0) is 35.7 Å². The van der Waals surface area contributed by atoms with Crippen LogP contribution in [0.5, 0.6) is 5.75 Å². The highest BCUT2D eigenvalue weighted by atomic mass is 19.1. The van der Waals surface area contributed by atoms with Gasteiger partial charge in [0.2, 0.25) is 0 Å². The Hall–Kier alpha value is -2.43. The van der Waals surface area contributed by atoms with E-state index in [-0.39, 0.29) is 5.82 Å². The Kier molecular flexibility index (Phi) is 2.97. The highest BCUT2D eigenvalue weighted by molar-refractivity contribution is 5.68. The van der Waals surface area contributed by atoms with E-state index < -0.39 is 16.4 Å². The summed E-state index contributed by atoms with van der Waals surface area (Å²) in [6.45, 7) is 1.64. The molecule has 0 aromatic heterocycles. The summed E-state index contributed by atoms with van der Waals surface area (Å²) in [5, 5.41) is 20.0. The van der Waals surface area contributed by atoms with E-state index in [0.717, 1.165) is 0 Å². The van der Waals surface area contributed by atoms with E-state index in [4.69, 9.17) is 0 Å². The fourth-order valence-corrected chi connectivity index (χ4v) is 1.62. The van der Waals surface area contributed by atoms with Gasteiger partial charge in [0.15, 0.2) is 5.75 Å². The van der Waals surface area contributed by atoms with Gasteiger partial charge in [0.05, 0.1) is 4.92 Å². The average molecular weight is 247 g/mol. The van der Waals surface area contributed by atoms with Crippen molar-refractivity contribution < 1.29 is 14.4 Å². The lowest BCUT2D eigenvalue weighted by Gasteiger charge is -2.04. The Morgan fingerprint density at radius 3 is 2.39 bits per heavy atom. The third kappa shape index (κ3) is 2.15. The molecule has 0 atom stereocenters. The van der Waals surface area contributed by atoms with E-state index in [1.54, 1.807) is 19.1 Å². The Balaban J connectivity index is 2.54. The van der Waals surface area contributed by atoms with Crippen LogP contribution in [-0.2, 0) is 0 Å². The SMILES string of the molecule is Cc1ccc(-c2ccc(O)c([N+](=O)[O-])c2)cc1F. The molecule has 0 aliphatic carbocycles. The highest BCUT2D eigenvalue weighted by Crippen LogP contribution is 2.31. The van der Waals surface area contributed by atoms with Gasteiger partial charge in [-0.3, -0.25) is 10.1 Å². The number of hydrogen-bond donors (Lipinski definition) is 1. The minimum atomic E-state index is -0.677. The maximum Gasteiger partial charge on any atom is 0.311 e. The number of benzene rings is 2. The van der Waals surface area contributed by atoms with Crippen LogP contribution < -0.4 is 0 Å². The van der Waals surface area contributed by atoms with Crippen LogP contribution in [0.3, 0.4) is 0 Å². The topological polar surface area (TPSA) is 63.4 Å². The Bertz CT molecular complexity index is 626. The number of aromatic hydroxyl groups is 1. The number of rotatable bonds is 2. The first kappa shape index (κ1) is 12.0. The number of aryl methyl sites for hydroxylation is 1. The molecule has 1 N–H and O–H groups in total. The van der Waals surface area contributed by atoms with E-state index >= 15 is 0 Å². The molecule has 0 radical (unpaired) electrons. The van der Waals surface area contributed by atoms with E-state index in [9.17, 15) is 19.6 Å². The predicted molar refractivity (Wildman–Crippen MR) is 64.9 cm³/mol. The summed E-state index contributed by atoms with van der Waals surface area (Å²) in [5.74, 6) is -0.778. The minimum Gasteiger partial charge on any atom is -0.502 e. The van der Waals surface area contributed by atoms with Gasteiger partial charge in [0, 0.05) is 6.07 Å². The molecule has 0 amide bonds. The largest absolute Gasteiger partial charge is 0.502 e. The molecule has 2 aromatic carbocycles. The third-order valence-corrected chi connectivity index (χ3v) is 2.68. The van der Waals surface area contributed by atoms with E-state index in [2.05, 4.69) is 0 Å². The second-order valence-electron chi connectivity index (χ2n) is 3.92. The molecule has 2 rings (SSSR count). The van der Waals surface area contributed by atoms with Crippen molar-refractivity contribution in [3.05, 3.63) is 57.9 Å². The molecule has 92 valence electrons. The van der Waals surface area contributed by atoms with Gasteiger partial charge < -0.3 is 5.11 Å². The molecule has 0 aliphatic heterocycles. The van der Waals surface area contributed by atoms with E-state index in [0.29, 0.717) is 16.7 Å². The molecule has 5 heteroatoms. The number of halogens is 1. The zero-order valence-electron chi connectivity index (χ0n) is 9.55. The van der Waals surface area contributed by atoms with Crippen LogP contribution in [0.2, 0.25) is 0 Å². The van der Waals surface area contributed by atoms with Crippen molar-refractivity contribution >= 4 is 5.69 Å². The number of nitro groups is 1. The molecule has 0 fully saturated rings. The lowest BCUT2D eigenvalue weighted by atomic mass is 10.0. The van der Waals surface area contributed by atoms with Gasteiger partial charge in [0.1, 0.15) is 5.82 Å². The van der Waals surface area contributed by atoms with E-state index in [1.165, 1.54) is 24.3 Å². The summed E-state index contributed by atoms with van der Waals surface area (Å²) in [4.78, 5) is 10.0. The molecule has 2 aromatic rings. The molecule has 0 spiro atoms. The minimum absolute atomic E-state index is 0.372. The molecule has 18 heavy (non-hydrogen) atoms. The average Bonchev–Trinajstić information content (AvgIpc) is 2.33. The second-order valence-corrected chi connectivity index (χ2v) is 3.92. The summed E-state index contributed by atoms with van der Waals surface area (Å²) in [7, 11) is 0. The summed E-state index contributed by atoms with van der Waals surface area (Å²) in [5.41, 5.74) is 1.13. The standard InChI is InChI=1S/C13H10FNO3/c1-8-2-3-9(6-11(8)14)10-4-5-13(16)12(7-10)15(17)18/h2-7,16H,1H3. The predicted octanol–water partition coefficient (Wildman–Crippen LogP) is 3.41. The van der Waals surface area contributed by atoms with Gasteiger partial charge >= 0.3 is 5.69 Å². The first-order valence-corrected chi connectivity index (χ1v) is 5.23. The van der Waals surface area contributed by atoms with Crippen LogP contribution in [0, 0.1) is 22.9 Å². The fourth-order valence-electron chi connectivity index (χ4n) is 1.62. The summed E-state index contributed by atoms with van der Waals surface area (Å²) in [6, 6.07) is 8.54. The molecule has 0 bridgehead atoms. The number of nitrogens with zero attached hydrogens (tertiary/aromatic N) is 1. The van der Waals surface area contributed by atoms with Gasteiger partial charge in [0.25, 0.3) is 0 Å². The number of phenols is 1. The van der Waals surface area contributed by atoms with Crippen LogP contribution in [0.15, 0.2) is 36.4 Å². The third-order valence-electron chi connectivity index (χ3n) is 2.68. The molecule has 4 nitrogen and oxygen atoms in total. The zero-order valence-corrected chi connectivity index (χ0v) is 9.55. The van der Waals surface area contributed by atoms with Gasteiger partial charge in [-0.15, -0.1) is 0 Å². The monoisotopic (exact) mass is 247 g/mol. The van der Waals surface area contributed by atoms with Crippen molar-refractivity contribution in [2.75, 3.05) is 0 Å². The van der Waals surface area contributed by atoms with Crippen molar-refractivity contribution in [1.82, 2.24) is 0 Å². The van der Waals surface area contributed by atoms with E-state index in [1.807, 2.05) is 0 Å². The van der Waals surface area contributed by atoms with Crippen LogP contribution >= 0.6 is 0 Å². The van der Waals surface area contributed by atoms with Crippen molar-refractivity contribution in [1.29, 1.82) is 0 Å². The van der Waals surface area contributed by atoms with Crippen molar-refractivity contribution in [2.24, 2.45) is 0 Å². The van der Waals surface area contributed by atoms with Gasteiger partial charge in [-0.25, -0.2) is 4.39 Å². The first-order valence-electron chi connectivity index (χ1n) is 5.23. The molecule has 0 saturated carbocycles. The number of nitro benzene ring substituents is 1. The van der Waals surface area contributed by atoms with Crippen LogP contribution in [0.1, 0.15) is 5.56 Å². The Labute approximate surface area is 102 Å². The molecule has 0 unspecified atom stereocenters. The quantitative estimate of drug-likeness (QED) is 0.653. The first-order chi connectivity index (χ1) is 8.49. The number of hydrogen-bond acceptors (Lipinski definition) is 3. The zero-order chi connectivity index (χ0) is 13.3. The normalized spacial score (nSPS) is 10.3. The lowest BCUT2D eigenvalue weighted by molar-refractivity contribution is -0.385. The van der Waals surface area contributed by atoms with Crippen molar-refractivity contribution in [2.45, 2.75) is 6.92 Å². The molecular formula is C13H10FNO3. The van der Waals surface area contributed by atoms with Crippen molar-refractivity contribution in [3.63, 3.8) is 0 Å². The molecular weight excluding hydrogens is 237 g/mol. The second kappa shape index (κ2) is 4.44. The number of phenolic OH excluding ortho intramolecular Hbond substituents is 1. The Morgan fingerprint density at radius 2 is 1.78 bits per heavy atom. The fraction of sp³-hybridized carbons (Fsp3) is 0.0769. The van der Waals surface area contributed by atoms with Crippen LogP contribution in [0.25, 0.3) is 11.1 Å². The summed E-state index contributed by atoms with van der Waals surface area (Å²) >= 11 is 0.